The molecule has 0 radical (unpaired) electrons. The molecule has 2 aromatic rings. The molecule has 1 aliphatic rings. The normalized spacial score (nSPS) is 17.5. The number of likely N-dealkylation sites (tertiary alicyclic amines) is 1. The largest absolute Gasteiger partial charge is 0.494 e. The highest BCUT2D eigenvalue weighted by Crippen LogP contribution is 2.31. The summed E-state index contributed by atoms with van der Waals surface area (Å²) in [5.74, 6) is 0.832. The van der Waals surface area contributed by atoms with Crippen molar-refractivity contribution in [2.24, 2.45) is 0 Å². The fraction of sp³-hybridized carbons (Fsp3) is 0.435. The number of nitrogens with zero attached hydrogens (tertiary/aromatic N) is 1. The first-order valence-electron chi connectivity index (χ1n) is 10.5. The molecule has 1 saturated heterocycles. The van der Waals surface area contributed by atoms with Gasteiger partial charge in [-0.15, -0.1) is 12.4 Å². The van der Waals surface area contributed by atoms with Crippen molar-refractivity contribution in [3.05, 3.63) is 59.1 Å². The van der Waals surface area contributed by atoms with Gasteiger partial charge >= 0.3 is 12.3 Å². The number of carbonyl (C=O) groups excluding carboxylic acids is 1. The van der Waals surface area contributed by atoms with E-state index in [1.165, 1.54) is 24.3 Å². The molecule has 1 heterocycles. The van der Waals surface area contributed by atoms with Crippen LogP contribution in [-0.4, -0.2) is 49.5 Å². The van der Waals surface area contributed by atoms with Crippen LogP contribution < -0.4 is 10.1 Å². The topological polar surface area (TPSA) is 50.8 Å². The number of carbonyl (C=O) groups is 1. The highest BCUT2D eigenvalue weighted by Gasteiger charge is 2.44. The molecule has 1 unspecified atom stereocenters. The van der Waals surface area contributed by atoms with Crippen LogP contribution >= 0.6 is 24.0 Å². The number of piperidine rings is 1. The predicted octanol–water partition coefficient (Wildman–Crippen LogP) is 6.52. The van der Waals surface area contributed by atoms with Gasteiger partial charge in [0.15, 0.2) is 0 Å². The van der Waals surface area contributed by atoms with Crippen LogP contribution in [0.15, 0.2) is 48.5 Å². The highest BCUT2D eigenvalue weighted by atomic mass is 35.5. The lowest BCUT2D eigenvalue weighted by atomic mass is 9.90. The number of hydrogen-bond acceptors (Lipinski definition) is 4. The van der Waals surface area contributed by atoms with Crippen LogP contribution in [0.25, 0.3) is 0 Å². The Kier molecular flexibility index (Phi) is 10.1. The van der Waals surface area contributed by atoms with Crippen molar-refractivity contribution in [1.29, 1.82) is 0 Å². The van der Waals surface area contributed by atoms with E-state index in [-0.39, 0.29) is 18.3 Å². The van der Waals surface area contributed by atoms with Crippen molar-refractivity contribution in [2.45, 2.75) is 38.0 Å². The molecule has 0 aromatic heterocycles. The Bertz CT molecular complexity index is 897. The summed E-state index contributed by atoms with van der Waals surface area (Å²) in [6.45, 7) is 2.98. The molecule has 1 N–H and O–H groups in total. The molecule has 10 heteroatoms. The van der Waals surface area contributed by atoms with E-state index in [4.69, 9.17) is 21.1 Å². The molecule has 0 saturated carbocycles. The molecular weight excluding hydrogens is 480 g/mol. The van der Waals surface area contributed by atoms with Gasteiger partial charge in [0.05, 0.1) is 6.61 Å². The van der Waals surface area contributed by atoms with E-state index in [0.29, 0.717) is 30.4 Å². The number of rotatable bonds is 7. The minimum Gasteiger partial charge on any atom is -0.494 e. The van der Waals surface area contributed by atoms with Gasteiger partial charge in [-0.2, -0.15) is 13.2 Å². The van der Waals surface area contributed by atoms with E-state index >= 15 is 0 Å². The van der Waals surface area contributed by atoms with Crippen LogP contribution in [0.3, 0.4) is 0 Å². The summed E-state index contributed by atoms with van der Waals surface area (Å²) >= 11 is 5.78. The third-order valence-electron chi connectivity index (χ3n) is 5.28. The Morgan fingerprint density at radius 3 is 2.64 bits per heavy atom. The van der Waals surface area contributed by atoms with Gasteiger partial charge in [-0.3, -0.25) is 10.2 Å². The van der Waals surface area contributed by atoms with Crippen LogP contribution in [0.2, 0.25) is 5.02 Å². The Morgan fingerprint density at radius 2 is 1.97 bits per heavy atom. The maximum atomic E-state index is 13.6. The molecule has 2 aromatic carbocycles. The summed E-state index contributed by atoms with van der Waals surface area (Å²) in [6.07, 6.45) is -6.44. The molecule has 33 heavy (non-hydrogen) atoms. The molecular formula is C23H27Cl2F3N2O3. The van der Waals surface area contributed by atoms with Crippen LogP contribution in [0, 0.1) is 0 Å². The smallest absolute Gasteiger partial charge is 0.426 e. The van der Waals surface area contributed by atoms with E-state index in [9.17, 15) is 18.0 Å². The molecule has 2 atom stereocenters. The van der Waals surface area contributed by atoms with E-state index in [0.717, 1.165) is 24.2 Å². The fourth-order valence-electron chi connectivity index (χ4n) is 3.77. The van der Waals surface area contributed by atoms with Crippen LogP contribution in [0.1, 0.15) is 31.2 Å². The number of hydrogen-bond donors (Lipinski definition) is 1. The molecule has 1 aliphatic heterocycles. The average Bonchev–Trinajstić information content (AvgIpc) is 2.75. The first-order chi connectivity index (χ1) is 15.2. The van der Waals surface area contributed by atoms with Gasteiger partial charge < -0.3 is 9.47 Å². The number of amides is 1. The number of anilines is 1. The lowest BCUT2D eigenvalue weighted by molar-refractivity contribution is -0.207. The predicted molar refractivity (Wildman–Crippen MR) is 125 cm³/mol. The van der Waals surface area contributed by atoms with Crippen molar-refractivity contribution in [3.63, 3.8) is 0 Å². The summed E-state index contributed by atoms with van der Waals surface area (Å²) in [5, 5.41) is 2.76. The van der Waals surface area contributed by atoms with Gasteiger partial charge in [-0.05, 0) is 74.2 Å². The number of ether oxygens (including phenoxy) is 2. The van der Waals surface area contributed by atoms with Crippen molar-refractivity contribution in [2.75, 3.05) is 31.6 Å². The summed E-state index contributed by atoms with van der Waals surface area (Å²) in [6, 6.07) is 13.7. The Balaban J connectivity index is 0.00000385. The second-order valence-electron chi connectivity index (χ2n) is 7.67. The SMILES string of the molecule is CCOc1cccc(C2CCCN(C[C@H](OC(=O)Nc3ccc(Cl)cc3)C(F)(F)F)C2)c1.Cl. The number of benzene rings is 2. The summed E-state index contributed by atoms with van der Waals surface area (Å²) in [4.78, 5) is 13.8. The van der Waals surface area contributed by atoms with E-state index in [2.05, 4.69) is 5.32 Å². The summed E-state index contributed by atoms with van der Waals surface area (Å²) < 4.78 is 51.2. The monoisotopic (exact) mass is 506 g/mol. The molecule has 3 rings (SSSR count). The van der Waals surface area contributed by atoms with Crippen molar-refractivity contribution >= 4 is 35.8 Å². The van der Waals surface area contributed by atoms with Crippen molar-refractivity contribution in [1.82, 2.24) is 4.90 Å². The Morgan fingerprint density at radius 1 is 1.24 bits per heavy atom. The second-order valence-corrected chi connectivity index (χ2v) is 8.11. The van der Waals surface area contributed by atoms with Gasteiger partial charge in [0.1, 0.15) is 5.75 Å². The lowest BCUT2D eigenvalue weighted by Gasteiger charge is -2.35. The summed E-state index contributed by atoms with van der Waals surface area (Å²) in [7, 11) is 0. The van der Waals surface area contributed by atoms with Crippen molar-refractivity contribution in [3.8, 4) is 5.75 Å². The number of halogens is 5. The van der Waals surface area contributed by atoms with Gasteiger partial charge in [0, 0.05) is 23.8 Å². The molecule has 0 aliphatic carbocycles. The summed E-state index contributed by atoms with van der Waals surface area (Å²) in [5.41, 5.74) is 1.33. The van der Waals surface area contributed by atoms with E-state index < -0.39 is 24.9 Å². The molecule has 0 spiro atoms. The zero-order chi connectivity index (χ0) is 23.1. The number of nitrogens with one attached hydrogen (secondary N) is 1. The maximum Gasteiger partial charge on any atom is 0.426 e. The molecule has 1 fully saturated rings. The molecule has 0 bridgehead atoms. The van der Waals surface area contributed by atoms with E-state index in [1.54, 1.807) is 4.90 Å². The molecule has 182 valence electrons. The van der Waals surface area contributed by atoms with Crippen molar-refractivity contribution < 1.29 is 27.4 Å². The Labute approximate surface area is 202 Å². The first-order valence-corrected chi connectivity index (χ1v) is 10.9. The zero-order valence-electron chi connectivity index (χ0n) is 18.1. The standard InChI is InChI=1S/C23H26ClF3N2O3.ClH/c1-2-31-20-7-3-5-16(13-20)17-6-4-12-29(14-17)15-21(23(25,26)27)32-22(30)28-19-10-8-18(24)9-11-19;/h3,5,7-11,13,17,21H,2,4,6,12,14-15H2,1H3,(H,28,30);1H/t17?,21-;/m0./s1. The Hall–Kier alpha value is -2.16. The van der Waals surface area contributed by atoms with Gasteiger partial charge in [-0.1, -0.05) is 23.7 Å². The third kappa shape index (κ3) is 8.28. The van der Waals surface area contributed by atoms with Crippen LogP contribution in [0.5, 0.6) is 5.75 Å². The first kappa shape index (κ1) is 27.1. The lowest BCUT2D eigenvalue weighted by Crippen LogP contribution is -2.47. The van der Waals surface area contributed by atoms with E-state index in [1.807, 2.05) is 31.2 Å². The molecule has 5 nitrogen and oxygen atoms in total. The molecule has 1 amide bonds. The number of alkyl halides is 3. The minimum atomic E-state index is -4.68. The highest BCUT2D eigenvalue weighted by molar-refractivity contribution is 6.30. The zero-order valence-corrected chi connectivity index (χ0v) is 19.7. The van der Waals surface area contributed by atoms with Crippen LogP contribution in [0.4, 0.5) is 23.7 Å². The average molecular weight is 507 g/mol. The van der Waals surface area contributed by atoms with Gasteiger partial charge in [0.25, 0.3) is 0 Å². The minimum absolute atomic E-state index is 0. The quantitative estimate of drug-likeness (QED) is 0.464. The maximum absolute atomic E-state index is 13.6. The second kappa shape index (κ2) is 12.3. The van der Waals surface area contributed by atoms with Gasteiger partial charge in [-0.25, -0.2) is 4.79 Å². The fourth-order valence-corrected chi connectivity index (χ4v) is 3.90. The third-order valence-corrected chi connectivity index (χ3v) is 5.53. The van der Waals surface area contributed by atoms with Gasteiger partial charge in [0.2, 0.25) is 6.10 Å². The van der Waals surface area contributed by atoms with Crippen LogP contribution in [-0.2, 0) is 4.74 Å².